The van der Waals surface area contributed by atoms with Crippen LogP contribution in [-0.2, 0) is 23.0 Å². The van der Waals surface area contributed by atoms with Crippen LogP contribution < -0.4 is 13.8 Å². The monoisotopic (exact) mass is 604 g/mol. The van der Waals surface area contributed by atoms with E-state index in [-0.39, 0.29) is 17.5 Å². The third-order valence-corrected chi connectivity index (χ3v) is 11.0. The van der Waals surface area contributed by atoms with Gasteiger partial charge in [0.25, 0.3) is 10.0 Å². The lowest BCUT2D eigenvalue weighted by atomic mass is 9.83. The molecule has 0 amide bonds. The first-order chi connectivity index (χ1) is 20.5. The van der Waals surface area contributed by atoms with Crippen molar-refractivity contribution in [3.05, 3.63) is 95.3 Å². The SMILES string of the molecule is COc1ccc(CN(c2ncns2)S(=O)(=O)c2ccc3c(c2)CCCC3N2CCCCC2c2ccccc2)c(OC)c1. The summed E-state index contributed by atoms with van der Waals surface area (Å²) in [5, 5.41) is 0.308. The van der Waals surface area contributed by atoms with E-state index in [1.807, 2.05) is 12.1 Å². The van der Waals surface area contributed by atoms with Gasteiger partial charge < -0.3 is 9.47 Å². The molecule has 1 aliphatic heterocycles. The van der Waals surface area contributed by atoms with Crippen LogP contribution in [0.15, 0.2) is 78.0 Å². The Labute approximate surface area is 252 Å². The zero-order valence-electron chi connectivity index (χ0n) is 24.0. The van der Waals surface area contributed by atoms with Crippen LogP contribution in [0.1, 0.15) is 66.4 Å². The molecule has 42 heavy (non-hydrogen) atoms. The smallest absolute Gasteiger partial charge is 0.266 e. The molecule has 1 aliphatic carbocycles. The molecule has 0 radical (unpaired) electrons. The lowest BCUT2D eigenvalue weighted by Gasteiger charge is -2.44. The number of sulfonamides is 1. The molecule has 1 aromatic heterocycles. The number of hydrogen-bond donors (Lipinski definition) is 0. The summed E-state index contributed by atoms with van der Waals surface area (Å²) in [6, 6.07) is 22.5. The number of hydrogen-bond acceptors (Lipinski definition) is 8. The van der Waals surface area contributed by atoms with E-state index in [4.69, 9.17) is 9.47 Å². The molecule has 0 saturated carbocycles. The molecule has 2 unspecified atom stereocenters. The molecule has 2 heterocycles. The maximum Gasteiger partial charge on any atom is 0.266 e. The summed E-state index contributed by atoms with van der Waals surface area (Å²) < 4.78 is 44.8. The van der Waals surface area contributed by atoms with Crippen molar-refractivity contribution in [1.29, 1.82) is 0 Å². The third-order valence-electron chi connectivity index (χ3n) is 8.49. The molecule has 0 bridgehead atoms. The van der Waals surface area contributed by atoms with E-state index in [2.05, 4.69) is 50.7 Å². The van der Waals surface area contributed by atoms with Crippen LogP contribution in [0.2, 0.25) is 0 Å². The van der Waals surface area contributed by atoms with E-state index in [1.54, 1.807) is 32.4 Å². The summed E-state index contributed by atoms with van der Waals surface area (Å²) >= 11 is 1.05. The number of likely N-dealkylation sites (tertiary alicyclic amines) is 1. The zero-order chi connectivity index (χ0) is 29.1. The minimum absolute atomic E-state index is 0.0525. The third kappa shape index (κ3) is 5.63. The van der Waals surface area contributed by atoms with Crippen molar-refractivity contribution in [2.24, 2.45) is 0 Å². The fourth-order valence-corrected chi connectivity index (χ4v) is 8.61. The highest BCUT2D eigenvalue weighted by Crippen LogP contribution is 2.43. The summed E-state index contributed by atoms with van der Waals surface area (Å²) in [5.41, 5.74) is 4.43. The summed E-state index contributed by atoms with van der Waals surface area (Å²) in [6.45, 7) is 1.11. The van der Waals surface area contributed by atoms with Gasteiger partial charge in [0.1, 0.15) is 17.8 Å². The van der Waals surface area contributed by atoms with Crippen molar-refractivity contribution in [3.8, 4) is 11.5 Å². The van der Waals surface area contributed by atoms with Gasteiger partial charge in [-0.15, -0.1) is 0 Å². The van der Waals surface area contributed by atoms with Crippen LogP contribution in [0.4, 0.5) is 5.13 Å². The van der Waals surface area contributed by atoms with Gasteiger partial charge in [0.05, 0.1) is 25.7 Å². The Morgan fingerprint density at radius 3 is 2.55 bits per heavy atom. The molecule has 6 rings (SSSR count). The minimum Gasteiger partial charge on any atom is -0.497 e. The van der Waals surface area contributed by atoms with Gasteiger partial charge >= 0.3 is 0 Å². The highest BCUT2D eigenvalue weighted by atomic mass is 32.2. The Morgan fingerprint density at radius 1 is 0.952 bits per heavy atom. The van der Waals surface area contributed by atoms with Crippen molar-refractivity contribution in [2.45, 2.75) is 62.0 Å². The van der Waals surface area contributed by atoms with E-state index in [0.29, 0.717) is 28.2 Å². The van der Waals surface area contributed by atoms with Gasteiger partial charge in [0.2, 0.25) is 5.13 Å². The topological polar surface area (TPSA) is 84.9 Å². The summed E-state index contributed by atoms with van der Waals surface area (Å²) in [5.74, 6) is 1.18. The Morgan fingerprint density at radius 2 is 1.79 bits per heavy atom. The Balaban J connectivity index is 1.33. The fourth-order valence-electron chi connectivity index (χ4n) is 6.43. The highest BCUT2D eigenvalue weighted by Gasteiger charge is 2.35. The van der Waals surface area contributed by atoms with E-state index < -0.39 is 10.0 Å². The number of fused-ring (bicyclic) bond motifs is 1. The molecule has 2 atom stereocenters. The van der Waals surface area contributed by atoms with Gasteiger partial charge in [-0.05, 0) is 79.6 Å². The molecule has 4 aromatic rings. The summed E-state index contributed by atoms with van der Waals surface area (Å²) in [7, 11) is -0.806. The standard InChI is InChI=1S/C32H36N4O4S2/c1-39-26-15-14-25(31(20-26)40-2)21-36(32-33-22-34-41-32)42(37,38)27-16-17-28-24(19-27)11-8-13-30(28)35-18-7-6-12-29(35)23-9-4-3-5-10-23/h3-5,9-10,14-17,19-20,22,29-30H,6-8,11-13,18,21H2,1-2H3. The average Bonchev–Trinajstić information content (AvgIpc) is 3.58. The first-order valence-corrected chi connectivity index (χ1v) is 16.6. The fraction of sp³-hybridized carbons (Fsp3) is 0.375. The van der Waals surface area contributed by atoms with E-state index in [9.17, 15) is 8.42 Å². The van der Waals surface area contributed by atoms with Crippen LogP contribution in [-0.4, -0.2) is 43.4 Å². The second kappa shape index (κ2) is 12.4. The molecule has 2 aliphatic rings. The maximum atomic E-state index is 14.3. The molecule has 10 heteroatoms. The predicted octanol–water partition coefficient (Wildman–Crippen LogP) is 6.56. The number of anilines is 1. The lowest BCUT2D eigenvalue weighted by molar-refractivity contribution is 0.0835. The van der Waals surface area contributed by atoms with Crippen molar-refractivity contribution >= 4 is 26.7 Å². The van der Waals surface area contributed by atoms with Crippen molar-refractivity contribution in [3.63, 3.8) is 0 Å². The number of aryl methyl sites for hydroxylation is 1. The zero-order valence-corrected chi connectivity index (χ0v) is 25.6. The normalized spacial score (nSPS) is 19.2. The number of rotatable bonds is 9. The molecule has 1 fully saturated rings. The second-order valence-corrected chi connectivity index (χ2v) is 13.5. The van der Waals surface area contributed by atoms with Crippen LogP contribution in [0.3, 0.4) is 0 Å². The minimum atomic E-state index is -3.95. The largest absolute Gasteiger partial charge is 0.497 e. The second-order valence-electron chi connectivity index (χ2n) is 10.8. The van der Waals surface area contributed by atoms with Gasteiger partial charge in [0.15, 0.2) is 0 Å². The average molecular weight is 605 g/mol. The summed E-state index contributed by atoms with van der Waals surface area (Å²) in [4.78, 5) is 7.20. The summed E-state index contributed by atoms with van der Waals surface area (Å²) in [6.07, 6.45) is 7.92. The Hall–Kier alpha value is -3.47. The predicted molar refractivity (Wildman–Crippen MR) is 165 cm³/mol. The van der Waals surface area contributed by atoms with Crippen molar-refractivity contribution in [2.75, 3.05) is 25.1 Å². The number of piperidine rings is 1. The first-order valence-electron chi connectivity index (χ1n) is 14.4. The quantitative estimate of drug-likeness (QED) is 0.214. The van der Waals surface area contributed by atoms with Crippen LogP contribution >= 0.6 is 11.5 Å². The van der Waals surface area contributed by atoms with Gasteiger partial charge in [-0.2, -0.15) is 4.37 Å². The van der Waals surface area contributed by atoms with Crippen molar-refractivity contribution < 1.29 is 17.9 Å². The maximum absolute atomic E-state index is 14.3. The van der Waals surface area contributed by atoms with Crippen LogP contribution in [0.25, 0.3) is 0 Å². The molecular formula is C32H36N4O4S2. The van der Waals surface area contributed by atoms with Gasteiger partial charge in [-0.1, -0.05) is 42.8 Å². The molecular weight excluding hydrogens is 569 g/mol. The molecule has 0 N–H and O–H groups in total. The number of ether oxygens (including phenoxy) is 2. The van der Waals surface area contributed by atoms with Crippen molar-refractivity contribution in [1.82, 2.24) is 14.3 Å². The Bertz CT molecular complexity index is 1610. The Kier molecular flexibility index (Phi) is 8.46. The van der Waals surface area contributed by atoms with Crippen LogP contribution in [0.5, 0.6) is 11.5 Å². The number of benzene rings is 3. The molecule has 220 valence electrons. The number of methoxy groups -OCH3 is 2. The highest BCUT2D eigenvalue weighted by molar-refractivity contribution is 7.93. The van der Waals surface area contributed by atoms with Gasteiger partial charge in [0, 0.05) is 35.2 Å². The molecule has 0 spiro atoms. The first kappa shape index (κ1) is 28.6. The molecule has 1 saturated heterocycles. The molecule has 8 nitrogen and oxygen atoms in total. The number of nitrogens with zero attached hydrogens (tertiary/aromatic N) is 4. The lowest BCUT2D eigenvalue weighted by Crippen LogP contribution is -2.38. The number of aromatic nitrogens is 2. The van der Waals surface area contributed by atoms with Crippen LogP contribution in [0, 0.1) is 0 Å². The van der Waals surface area contributed by atoms with E-state index in [0.717, 1.165) is 49.3 Å². The van der Waals surface area contributed by atoms with E-state index >= 15 is 0 Å². The van der Waals surface area contributed by atoms with Gasteiger partial charge in [-0.25, -0.2) is 17.7 Å². The van der Waals surface area contributed by atoms with Gasteiger partial charge in [-0.3, -0.25) is 4.90 Å². The molecule has 3 aromatic carbocycles. The van der Waals surface area contributed by atoms with E-state index in [1.165, 1.54) is 34.6 Å².